The molecule has 90 valence electrons. The van der Waals surface area contributed by atoms with Gasteiger partial charge in [-0.05, 0) is 33.5 Å². The Balaban J connectivity index is 2.82. The summed E-state index contributed by atoms with van der Waals surface area (Å²) >= 11 is 0. The van der Waals surface area contributed by atoms with Crippen molar-refractivity contribution in [1.82, 2.24) is 9.47 Å². The van der Waals surface area contributed by atoms with E-state index < -0.39 is 8.72 Å². The molecule has 0 bridgehead atoms. The Morgan fingerprint density at radius 3 is 2.33 bits per heavy atom. The maximum atomic E-state index is 5.71. The van der Waals surface area contributed by atoms with Gasteiger partial charge in [0, 0.05) is 20.3 Å². The van der Waals surface area contributed by atoms with Gasteiger partial charge >= 0.3 is 8.72 Å². The summed E-state index contributed by atoms with van der Waals surface area (Å²) in [6.07, 6.45) is 2.74. The van der Waals surface area contributed by atoms with E-state index in [1.807, 2.05) is 0 Å². The molecule has 1 rings (SSSR count). The summed E-state index contributed by atoms with van der Waals surface area (Å²) in [6.45, 7) is 3.32. The van der Waals surface area contributed by atoms with E-state index in [4.69, 9.17) is 8.85 Å². The zero-order chi connectivity index (χ0) is 11.5. The van der Waals surface area contributed by atoms with E-state index in [0.717, 1.165) is 19.0 Å². The monoisotopic (exact) mass is 232 g/mol. The van der Waals surface area contributed by atoms with Gasteiger partial charge in [-0.1, -0.05) is 6.92 Å². The van der Waals surface area contributed by atoms with Gasteiger partial charge in [-0.3, -0.25) is 9.47 Å². The normalized spacial score (nSPS) is 23.6. The van der Waals surface area contributed by atoms with Crippen molar-refractivity contribution in [2.45, 2.75) is 32.0 Å². The molecule has 1 saturated heterocycles. The van der Waals surface area contributed by atoms with Gasteiger partial charge in [0.1, 0.15) is 0 Å². The molecule has 1 unspecified atom stereocenters. The van der Waals surface area contributed by atoms with E-state index in [1.165, 1.54) is 6.42 Å². The summed E-state index contributed by atoms with van der Waals surface area (Å²) < 4.78 is 13.9. The molecule has 1 fully saturated rings. The van der Waals surface area contributed by atoms with Gasteiger partial charge < -0.3 is 8.85 Å². The average Bonchev–Trinajstić information content (AvgIpc) is 2.63. The van der Waals surface area contributed by atoms with Gasteiger partial charge in [-0.25, -0.2) is 0 Å². The summed E-state index contributed by atoms with van der Waals surface area (Å²) in [6, 6.07) is 1.09. The molecule has 0 amide bonds. The van der Waals surface area contributed by atoms with Crippen LogP contribution in [0.5, 0.6) is 0 Å². The van der Waals surface area contributed by atoms with Crippen LogP contribution >= 0.6 is 0 Å². The summed E-state index contributed by atoms with van der Waals surface area (Å²) in [5.74, 6) is 0. The molecule has 0 aromatic rings. The smallest absolute Gasteiger partial charge is 0.386 e. The fourth-order valence-corrected chi connectivity index (χ4v) is 5.85. The molecular weight excluding hydrogens is 208 g/mol. The van der Waals surface area contributed by atoms with Crippen molar-refractivity contribution >= 4 is 8.72 Å². The standard InChI is InChI=1S/C10H24N2O2Si/c1-6-10(11(2)3)12-8-7-9-15(12,13-4)14-5/h10H,6-9H2,1-5H3. The number of rotatable bonds is 5. The predicted molar refractivity (Wildman–Crippen MR) is 63.7 cm³/mol. The molecule has 1 atom stereocenters. The fraction of sp³-hybridized carbons (Fsp3) is 1.00. The van der Waals surface area contributed by atoms with E-state index in [-0.39, 0.29) is 0 Å². The molecular formula is C10H24N2O2Si. The second-order valence-corrected chi connectivity index (χ2v) is 7.59. The Morgan fingerprint density at radius 1 is 1.33 bits per heavy atom. The average molecular weight is 232 g/mol. The van der Waals surface area contributed by atoms with Crippen LogP contribution < -0.4 is 0 Å². The second-order valence-electron chi connectivity index (χ2n) is 4.27. The van der Waals surface area contributed by atoms with Crippen LogP contribution in [-0.2, 0) is 8.85 Å². The maximum Gasteiger partial charge on any atom is 0.428 e. The highest BCUT2D eigenvalue weighted by Gasteiger charge is 2.50. The van der Waals surface area contributed by atoms with Gasteiger partial charge in [0.25, 0.3) is 0 Å². The minimum Gasteiger partial charge on any atom is -0.386 e. The quantitative estimate of drug-likeness (QED) is 0.666. The van der Waals surface area contributed by atoms with Crippen molar-refractivity contribution in [3.05, 3.63) is 0 Å². The zero-order valence-electron chi connectivity index (χ0n) is 10.6. The molecule has 0 aliphatic carbocycles. The Hall–Kier alpha value is 0.0569. The minimum absolute atomic E-state index is 0.444. The van der Waals surface area contributed by atoms with E-state index in [2.05, 4.69) is 30.5 Å². The zero-order valence-corrected chi connectivity index (χ0v) is 11.6. The van der Waals surface area contributed by atoms with Crippen molar-refractivity contribution in [3.63, 3.8) is 0 Å². The number of nitrogens with zero attached hydrogens (tertiary/aromatic N) is 2. The van der Waals surface area contributed by atoms with Crippen molar-refractivity contribution < 1.29 is 8.85 Å². The van der Waals surface area contributed by atoms with Crippen molar-refractivity contribution in [2.75, 3.05) is 34.9 Å². The molecule has 0 N–H and O–H groups in total. The Kier molecular flexibility index (Phi) is 4.73. The van der Waals surface area contributed by atoms with Gasteiger partial charge in [-0.15, -0.1) is 0 Å². The van der Waals surface area contributed by atoms with Crippen LogP contribution in [0.2, 0.25) is 6.04 Å². The van der Waals surface area contributed by atoms with Crippen LogP contribution in [0.4, 0.5) is 0 Å². The SMILES string of the molecule is CCC(N(C)C)N1CCC[Si]1(OC)OC. The van der Waals surface area contributed by atoms with Crippen LogP contribution in [-0.4, -0.2) is 59.2 Å². The van der Waals surface area contributed by atoms with Crippen LogP contribution in [0, 0.1) is 0 Å². The Labute approximate surface area is 94.5 Å². The van der Waals surface area contributed by atoms with E-state index in [0.29, 0.717) is 6.17 Å². The highest BCUT2D eigenvalue weighted by Crippen LogP contribution is 2.30. The molecule has 0 aromatic heterocycles. The lowest BCUT2D eigenvalue weighted by molar-refractivity contribution is 0.0881. The lowest BCUT2D eigenvalue weighted by Crippen LogP contribution is -2.60. The summed E-state index contributed by atoms with van der Waals surface area (Å²) in [5, 5.41) is 0. The molecule has 0 radical (unpaired) electrons. The van der Waals surface area contributed by atoms with Crippen LogP contribution in [0.3, 0.4) is 0 Å². The van der Waals surface area contributed by atoms with Crippen molar-refractivity contribution in [1.29, 1.82) is 0 Å². The highest BCUT2D eigenvalue weighted by molar-refractivity contribution is 6.65. The van der Waals surface area contributed by atoms with Gasteiger partial charge in [-0.2, -0.15) is 0 Å². The molecule has 4 nitrogen and oxygen atoms in total. The third kappa shape index (κ3) is 2.42. The first-order valence-corrected chi connectivity index (χ1v) is 7.62. The van der Waals surface area contributed by atoms with Gasteiger partial charge in [0.05, 0.1) is 6.17 Å². The van der Waals surface area contributed by atoms with E-state index >= 15 is 0 Å². The molecule has 0 saturated carbocycles. The summed E-state index contributed by atoms with van der Waals surface area (Å²) in [7, 11) is 5.76. The third-order valence-electron chi connectivity index (χ3n) is 3.29. The van der Waals surface area contributed by atoms with Crippen LogP contribution in [0.25, 0.3) is 0 Å². The number of hydrogen-bond acceptors (Lipinski definition) is 4. The Morgan fingerprint density at radius 2 is 1.93 bits per heavy atom. The van der Waals surface area contributed by atoms with Gasteiger partial charge in [0.2, 0.25) is 0 Å². The lowest BCUT2D eigenvalue weighted by atomic mass is 10.3. The minimum atomic E-state index is -2.06. The first kappa shape index (κ1) is 13.1. The molecule has 1 heterocycles. The van der Waals surface area contributed by atoms with Crippen LogP contribution in [0.1, 0.15) is 19.8 Å². The molecule has 1 aliphatic heterocycles. The first-order valence-electron chi connectivity index (χ1n) is 5.64. The number of hydrogen-bond donors (Lipinski definition) is 0. The topological polar surface area (TPSA) is 24.9 Å². The third-order valence-corrected chi connectivity index (χ3v) is 6.95. The lowest BCUT2D eigenvalue weighted by Gasteiger charge is -2.40. The summed E-state index contributed by atoms with van der Waals surface area (Å²) in [4.78, 5) is 2.26. The fourth-order valence-electron chi connectivity index (χ4n) is 2.55. The van der Waals surface area contributed by atoms with E-state index in [9.17, 15) is 0 Å². The Bertz CT molecular complexity index is 198. The van der Waals surface area contributed by atoms with Crippen molar-refractivity contribution in [2.24, 2.45) is 0 Å². The molecule has 15 heavy (non-hydrogen) atoms. The maximum absolute atomic E-state index is 5.71. The summed E-state index contributed by atoms with van der Waals surface area (Å²) in [5.41, 5.74) is 0. The first-order chi connectivity index (χ1) is 7.11. The largest absolute Gasteiger partial charge is 0.428 e. The van der Waals surface area contributed by atoms with Crippen LogP contribution in [0.15, 0.2) is 0 Å². The molecule has 5 heteroatoms. The van der Waals surface area contributed by atoms with Crippen molar-refractivity contribution in [3.8, 4) is 0 Å². The second kappa shape index (κ2) is 5.40. The molecule has 0 spiro atoms. The van der Waals surface area contributed by atoms with E-state index in [1.54, 1.807) is 14.2 Å². The molecule has 1 aliphatic rings. The predicted octanol–water partition coefficient (Wildman–Crippen LogP) is 1.22. The molecule has 0 aromatic carbocycles. The highest BCUT2D eigenvalue weighted by atomic mass is 28.4. The van der Waals surface area contributed by atoms with Gasteiger partial charge in [0.15, 0.2) is 0 Å².